The van der Waals surface area contributed by atoms with Crippen LogP contribution in [0.4, 0.5) is 0 Å². The lowest BCUT2D eigenvalue weighted by molar-refractivity contribution is -0.139. The molecule has 0 unspecified atom stereocenters. The number of nitrogens with zero attached hydrogens (tertiary/aromatic N) is 3. The first kappa shape index (κ1) is 18.1. The van der Waals surface area contributed by atoms with Crippen molar-refractivity contribution in [2.75, 3.05) is 13.7 Å². The molecule has 0 aliphatic carbocycles. The second kappa shape index (κ2) is 7.25. The van der Waals surface area contributed by atoms with E-state index in [-0.39, 0.29) is 18.5 Å². The molecule has 0 saturated heterocycles. The summed E-state index contributed by atoms with van der Waals surface area (Å²) >= 11 is 1.61. The molecule has 0 aromatic carbocycles. The zero-order valence-electron chi connectivity index (χ0n) is 15.1. The molecule has 136 valence electrons. The van der Waals surface area contributed by atoms with E-state index >= 15 is 0 Å². The maximum absolute atomic E-state index is 12.7. The summed E-state index contributed by atoms with van der Waals surface area (Å²) in [6, 6.07) is 5.85. The maximum Gasteiger partial charge on any atom is 0.325 e. The van der Waals surface area contributed by atoms with Crippen LogP contribution < -0.4 is 5.32 Å². The molecule has 0 radical (unpaired) electrons. The number of hydrogen-bond acceptors (Lipinski definition) is 6. The summed E-state index contributed by atoms with van der Waals surface area (Å²) in [6.45, 7) is 5.85. The quantitative estimate of drug-likeness (QED) is 0.696. The van der Waals surface area contributed by atoms with E-state index in [0.29, 0.717) is 22.3 Å². The second-order valence-electron chi connectivity index (χ2n) is 6.14. The summed E-state index contributed by atoms with van der Waals surface area (Å²) in [5, 5.41) is 7.62. The smallest absolute Gasteiger partial charge is 0.325 e. The van der Waals surface area contributed by atoms with Crippen LogP contribution in [0.1, 0.15) is 35.1 Å². The number of ether oxygens (including phenoxy) is 1. The SMILES string of the molecule is COC(=O)CNC(=O)c1cc(-c2ccc(C)s2)nc2c1cnn2C(C)C. The van der Waals surface area contributed by atoms with Crippen LogP contribution in [0.5, 0.6) is 0 Å². The summed E-state index contributed by atoms with van der Waals surface area (Å²) in [7, 11) is 1.28. The molecule has 1 amide bonds. The standard InChI is InChI=1S/C18H20N4O3S/c1-10(2)22-17-13(8-20-22)12(18(24)19-9-16(23)25-4)7-14(21-17)15-6-5-11(3)26-15/h5-8,10H,9H2,1-4H3,(H,19,24). The molecular formula is C18H20N4O3S. The lowest BCUT2D eigenvalue weighted by atomic mass is 10.1. The van der Waals surface area contributed by atoms with E-state index in [1.807, 2.05) is 32.9 Å². The molecule has 0 spiro atoms. The minimum atomic E-state index is -0.504. The number of methoxy groups -OCH3 is 1. The molecule has 3 heterocycles. The largest absolute Gasteiger partial charge is 0.468 e. The van der Waals surface area contributed by atoms with Gasteiger partial charge in [0.1, 0.15) is 6.54 Å². The third-order valence-electron chi connectivity index (χ3n) is 3.91. The van der Waals surface area contributed by atoms with Crippen LogP contribution >= 0.6 is 11.3 Å². The number of fused-ring (bicyclic) bond motifs is 1. The average Bonchev–Trinajstić information content (AvgIpc) is 3.24. The van der Waals surface area contributed by atoms with Gasteiger partial charge in [0, 0.05) is 10.9 Å². The van der Waals surface area contributed by atoms with E-state index in [2.05, 4.69) is 15.2 Å². The van der Waals surface area contributed by atoms with E-state index in [0.717, 1.165) is 9.75 Å². The fourth-order valence-electron chi connectivity index (χ4n) is 2.60. The summed E-state index contributed by atoms with van der Waals surface area (Å²) in [4.78, 5) is 30.9. The molecule has 0 aliphatic heterocycles. The third kappa shape index (κ3) is 3.45. The molecule has 7 nitrogen and oxygen atoms in total. The van der Waals surface area contributed by atoms with Crippen LogP contribution in [0.3, 0.4) is 0 Å². The monoisotopic (exact) mass is 372 g/mol. The van der Waals surface area contributed by atoms with Crippen molar-refractivity contribution in [2.45, 2.75) is 26.8 Å². The van der Waals surface area contributed by atoms with Crippen molar-refractivity contribution in [3.63, 3.8) is 0 Å². The van der Waals surface area contributed by atoms with Gasteiger partial charge < -0.3 is 10.1 Å². The molecule has 26 heavy (non-hydrogen) atoms. The minimum absolute atomic E-state index is 0.103. The van der Waals surface area contributed by atoms with Crippen molar-refractivity contribution in [2.24, 2.45) is 0 Å². The van der Waals surface area contributed by atoms with Crippen LogP contribution in [0.2, 0.25) is 0 Å². The molecule has 0 atom stereocenters. The molecule has 0 saturated carbocycles. The van der Waals surface area contributed by atoms with Gasteiger partial charge in [-0.05, 0) is 39.0 Å². The molecule has 0 fully saturated rings. The van der Waals surface area contributed by atoms with Crippen molar-refractivity contribution < 1.29 is 14.3 Å². The maximum atomic E-state index is 12.7. The molecule has 1 N–H and O–H groups in total. The number of esters is 1. The van der Waals surface area contributed by atoms with E-state index in [9.17, 15) is 9.59 Å². The summed E-state index contributed by atoms with van der Waals surface area (Å²) in [5.41, 5.74) is 1.79. The fraction of sp³-hybridized carbons (Fsp3) is 0.333. The fourth-order valence-corrected chi connectivity index (χ4v) is 3.43. The number of rotatable bonds is 5. The van der Waals surface area contributed by atoms with Crippen molar-refractivity contribution in [3.05, 3.63) is 34.8 Å². The number of carbonyl (C=O) groups is 2. The lowest BCUT2D eigenvalue weighted by Crippen LogP contribution is -2.30. The Morgan fingerprint density at radius 3 is 2.73 bits per heavy atom. The highest BCUT2D eigenvalue weighted by Crippen LogP contribution is 2.30. The second-order valence-corrected chi connectivity index (χ2v) is 7.43. The number of aromatic nitrogens is 3. The van der Waals surface area contributed by atoms with Crippen LogP contribution in [0.25, 0.3) is 21.6 Å². The number of carbonyl (C=O) groups excluding carboxylic acids is 2. The van der Waals surface area contributed by atoms with Gasteiger partial charge in [-0.25, -0.2) is 9.67 Å². The number of nitrogens with one attached hydrogen (secondary N) is 1. The molecule has 3 aromatic heterocycles. The highest BCUT2D eigenvalue weighted by molar-refractivity contribution is 7.15. The number of pyridine rings is 1. The molecule has 3 aromatic rings. The summed E-state index contributed by atoms with van der Waals surface area (Å²) < 4.78 is 6.36. The Labute approximate surface area is 155 Å². The molecule has 0 bridgehead atoms. The van der Waals surface area contributed by atoms with Gasteiger partial charge in [0.25, 0.3) is 5.91 Å². The Bertz CT molecular complexity index is 974. The van der Waals surface area contributed by atoms with Crippen LogP contribution in [0.15, 0.2) is 24.4 Å². The van der Waals surface area contributed by atoms with Crippen molar-refractivity contribution in [3.8, 4) is 10.6 Å². The number of hydrogen-bond donors (Lipinski definition) is 1. The first-order valence-electron chi connectivity index (χ1n) is 8.20. The van der Waals surface area contributed by atoms with Gasteiger partial charge in [0.15, 0.2) is 5.65 Å². The Morgan fingerprint density at radius 1 is 1.35 bits per heavy atom. The zero-order valence-corrected chi connectivity index (χ0v) is 15.9. The van der Waals surface area contributed by atoms with Gasteiger partial charge in [0.05, 0.1) is 34.8 Å². The Hall–Kier alpha value is -2.74. The lowest BCUT2D eigenvalue weighted by Gasteiger charge is -2.10. The van der Waals surface area contributed by atoms with Crippen molar-refractivity contribution >= 4 is 34.2 Å². The van der Waals surface area contributed by atoms with E-state index in [1.54, 1.807) is 28.3 Å². The highest BCUT2D eigenvalue weighted by Gasteiger charge is 2.19. The third-order valence-corrected chi connectivity index (χ3v) is 4.94. The van der Waals surface area contributed by atoms with Gasteiger partial charge in [-0.15, -0.1) is 11.3 Å². The normalized spacial score (nSPS) is 11.1. The summed E-state index contributed by atoms with van der Waals surface area (Å²) in [6.07, 6.45) is 1.64. The Kier molecular flexibility index (Phi) is 5.03. The molecular weight excluding hydrogens is 352 g/mol. The van der Waals surface area contributed by atoms with Gasteiger partial charge in [-0.1, -0.05) is 0 Å². The molecule has 3 rings (SSSR count). The number of thiophene rings is 1. The van der Waals surface area contributed by atoms with Gasteiger partial charge >= 0.3 is 5.97 Å². The Morgan fingerprint density at radius 2 is 2.12 bits per heavy atom. The molecule has 8 heteroatoms. The first-order valence-corrected chi connectivity index (χ1v) is 9.02. The van der Waals surface area contributed by atoms with E-state index in [1.165, 1.54) is 7.11 Å². The summed E-state index contributed by atoms with van der Waals surface area (Å²) in [5.74, 6) is -0.865. The van der Waals surface area contributed by atoms with Crippen LogP contribution in [-0.2, 0) is 9.53 Å². The Balaban J connectivity index is 2.11. The van der Waals surface area contributed by atoms with Crippen LogP contribution in [-0.4, -0.2) is 40.3 Å². The van der Waals surface area contributed by atoms with Crippen molar-refractivity contribution in [1.29, 1.82) is 0 Å². The predicted octanol–water partition coefficient (Wildman–Crippen LogP) is 2.95. The number of aryl methyl sites for hydroxylation is 1. The predicted molar refractivity (Wildman–Crippen MR) is 100 cm³/mol. The first-order chi connectivity index (χ1) is 12.4. The topological polar surface area (TPSA) is 86.1 Å². The van der Waals surface area contributed by atoms with Crippen molar-refractivity contribution in [1.82, 2.24) is 20.1 Å². The van der Waals surface area contributed by atoms with Gasteiger partial charge in [-0.2, -0.15) is 5.10 Å². The zero-order chi connectivity index (χ0) is 18.8. The highest BCUT2D eigenvalue weighted by atomic mass is 32.1. The van der Waals surface area contributed by atoms with Gasteiger partial charge in [-0.3, -0.25) is 9.59 Å². The molecule has 0 aliphatic rings. The number of amides is 1. The average molecular weight is 372 g/mol. The van der Waals surface area contributed by atoms with Gasteiger partial charge in [0.2, 0.25) is 0 Å². The minimum Gasteiger partial charge on any atom is -0.468 e. The van der Waals surface area contributed by atoms with Crippen LogP contribution in [0, 0.1) is 6.92 Å². The van der Waals surface area contributed by atoms with E-state index in [4.69, 9.17) is 4.98 Å². The van der Waals surface area contributed by atoms with E-state index < -0.39 is 5.97 Å².